The van der Waals surface area contributed by atoms with Crippen LogP contribution in [0.1, 0.15) is 5.56 Å². The fourth-order valence-electron chi connectivity index (χ4n) is 2.94. The first kappa shape index (κ1) is 18.3. The van der Waals surface area contributed by atoms with E-state index in [0.717, 1.165) is 16.3 Å². The van der Waals surface area contributed by atoms with E-state index in [2.05, 4.69) is 4.99 Å². The lowest BCUT2D eigenvalue weighted by Gasteiger charge is -2.20. The lowest BCUT2D eigenvalue weighted by Crippen LogP contribution is -2.32. The minimum atomic E-state index is -3.63. The van der Waals surface area contributed by atoms with Gasteiger partial charge < -0.3 is 0 Å². The Kier molecular flexibility index (Phi) is 5.12. The maximum atomic E-state index is 13.2. The molecule has 0 saturated heterocycles. The number of nitrogens with zero attached hydrogens (tertiary/aromatic N) is 2. The van der Waals surface area contributed by atoms with Crippen molar-refractivity contribution in [3.8, 4) is 0 Å². The van der Waals surface area contributed by atoms with Gasteiger partial charge in [-0.05, 0) is 40.6 Å². The number of rotatable bonds is 4. The zero-order chi connectivity index (χ0) is 18.9. The third kappa shape index (κ3) is 3.83. The molecule has 1 aliphatic rings. The minimum absolute atomic E-state index is 0.294. The molecule has 4 rings (SSSR count). The maximum Gasteiger partial charge on any atom is 0.265 e. The molecule has 0 fully saturated rings. The van der Waals surface area contributed by atoms with E-state index < -0.39 is 10.0 Å². The van der Waals surface area contributed by atoms with Crippen molar-refractivity contribution >= 4 is 49.3 Å². The van der Waals surface area contributed by atoms with Gasteiger partial charge in [0.1, 0.15) is 0 Å². The van der Waals surface area contributed by atoms with Crippen LogP contribution in [0, 0.1) is 0 Å². The molecular weight excluding hydrogens is 400 g/mol. The highest BCUT2D eigenvalue weighted by Gasteiger charge is 2.31. The summed E-state index contributed by atoms with van der Waals surface area (Å²) in [6.07, 6.45) is 0. The Labute approximate surface area is 167 Å². The van der Waals surface area contributed by atoms with Crippen LogP contribution in [0.15, 0.2) is 76.6 Å². The minimum Gasteiger partial charge on any atom is -0.260 e. The van der Waals surface area contributed by atoms with E-state index in [1.807, 2.05) is 54.6 Å². The normalized spacial score (nSPS) is 14.6. The molecule has 0 bridgehead atoms. The summed E-state index contributed by atoms with van der Waals surface area (Å²) in [5.41, 5.74) is 1.07. The highest BCUT2D eigenvalue weighted by atomic mass is 35.5. The number of halogens is 1. The molecule has 4 nitrogen and oxygen atoms in total. The lowest BCUT2D eigenvalue weighted by atomic mass is 10.1. The average molecular weight is 417 g/mol. The standard InChI is InChI=1S/C20H17ClN2O2S2/c21-18-8-5-15(6-9-18)14-26-20-22-11-12-23(20)27(24,25)19-10-7-16-3-1-2-4-17(16)13-19/h1-10,13H,11-12,14H2. The van der Waals surface area contributed by atoms with Gasteiger partial charge in [-0.25, -0.2) is 12.7 Å². The first-order chi connectivity index (χ1) is 13.0. The summed E-state index contributed by atoms with van der Waals surface area (Å²) in [4.78, 5) is 4.70. The van der Waals surface area contributed by atoms with Crippen LogP contribution in [0.2, 0.25) is 5.02 Å². The Morgan fingerprint density at radius 2 is 1.74 bits per heavy atom. The quantitative estimate of drug-likeness (QED) is 0.614. The first-order valence-corrected chi connectivity index (χ1v) is 11.3. The average Bonchev–Trinajstić information content (AvgIpc) is 3.17. The van der Waals surface area contributed by atoms with Gasteiger partial charge in [0.25, 0.3) is 10.0 Å². The van der Waals surface area contributed by atoms with Crippen LogP contribution in [-0.2, 0) is 15.8 Å². The highest BCUT2D eigenvalue weighted by molar-refractivity contribution is 8.14. The largest absolute Gasteiger partial charge is 0.265 e. The van der Waals surface area contributed by atoms with Crippen LogP contribution in [0.5, 0.6) is 0 Å². The Hall–Kier alpha value is -2.02. The number of aliphatic imine (C=N–C) groups is 1. The lowest BCUT2D eigenvalue weighted by molar-refractivity contribution is 0.540. The van der Waals surface area contributed by atoms with Gasteiger partial charge in [-0.1, -0.05) is 65.8 Å². The second-order valence-electron chi connectivity index (χ2n) is 6.17. The van der Waals surface area contributed by atoms with E-state index >= 15 is 0 Å². The van der Waals surface area contributed by atoms with Crippen molar-refractivity contribution < 1.29 is 8.42 Å². The molecule has 1 aliphatic heterocycles. The molecule has 0 N–H and O–H groups in total. The molecule has 0 amide bonds. The van der Waals surface area contributed by atoms with Crippen LogP contribution >= 0.6 is 23.4 Å². The molecule has 7 heteroatoms. The van der Waals surface area contributed by atoms with Crippen molar-refractivity contribution in [2.75, 3.05) is 13.1 Å². The third-order valence-corrected chi connectivity index (χ3v) is 7.59. The van der Waals surface area contributed by atoms with E-state index in [4.69, 9.17) is 11.6 Å². The number of hydrogen-bond donors (Lipinski definition) is 0. The molecule has 0 aromatic heterocycles. The summed E-state index contributed by atoms with van der Waals surface area (Å²) >= 11 is 7.34. The van der Waals surface area contributed by atoms with Crippen LogP contribution in [0.25, 0.3) is 10.8 Å². The zero-order valence-corrected chi connectivity index (χ0v) is 16.8. The number of sulfonamides is 1. The topological polar surface area (TPSA) is 49.7 Å². The summed E-state index contributed by atoms with van der Waals surface area (Å²) in [6, 6.07) is 20.5. The monoisotopic (exact) mass is 416 g/mol. The van der Waals surface area contributed by atoms with Gasteiger partial charge in [0, 0.05) is 10.8 Å². The first-order valence-electron chi connectivity index (χ1n) is 8.47. The molecule has 138 valence electrons. The van der Waals surface area contributed by atoms with Gasteiger partial charge in [-0.15, -0.1) is 0 Å². The molecule has 0 spiro atoms. The fourth-order valence-corrected chi connectivity index (χ4v) is 5.78. The van der Waals surface area contributed by atoms with Crippen molar-refractivity contribution in [2.24, 2.45) is 4.99 Å². The van der Waals surface area contributed by atoms with Gasteiger partial charge in [0.15, 0.2) is 5.17 Å². The summed E-state index contributed by atoms with van der Waals surface area (Å²) in [5.74, 6) is 0.639. The van der Waals surface area contributed by atoms with E-state index in [9.17, 15) is 8.42 Å². The van der Waals surface area contributed by atoms with Crippen molar-refractivity contribution in [3.05, 3.63) is 77.3 Å². The molecule has 0 unspecified atom stereocenters. The predicted octanol–water partition coefficient (Wildman–Crippen LogP) is 4.79. The fraction of sp³-hybridized carbons (Fsp3) is 0.150. The molecule has 3 aromatic rings. The predicted molar refractivity (Wildman–Crippen MR) is 113 cm³/mol. The van der Waals surface area contributed by atoms with Gasteiger partial charge in [0.05, 0.1) is 18.0 Å². The Bertz CT molecular complexity index is 1110. The summed E-state index contributed by atoms with van der Waals surface area (Å²) in [7, 11) is -3.63. The Balaban J connectivity index is 1.56. The Morgan fingerprint density at radius 3 is 2.52 bits per heavy atom. The van der Waals surface area contributed by atoms with E-state index in [1.165, 1.54) is 16.1 Å². The number of hydrogen-bond acceptors (Lipinski definition) is 4. The second-order valence-corrected chi connectivity index (χ2v) is 9.41. The number of fused-ring (bicyclic) bond motifs is 1. The van der Waals surface area contributed by atoms with Gasteiger partial charge in [-0.2, -0.15) is 0 Å². The molecule has 0 radical (unpaired) electrons. The molecule has 0 atom stereocenters. The van der Waals surface area contributed by atoms with E-state index in [0.29, 0.717) is 33.9 Å². The number of benzene rings is 3. The van der Waals surface area contributed by atoms with Crippen molar-refractivity contribution in [1.29, 1.82) is 0 Å². The maximum absolute atomic E-state index is 13.2. The summed E-state index contributed by atoms with van der Waals surface area (Å²) in [5, 5.41) is 3.15. The molecule has 0 aliphatic carbocycles. The van der Waals surface area contributed by atoms with E-state index in [1.54, 1.807) is 12.1 Å². The van der Waals surface area contributed by atoms with E-state index in [-0.39, 0.29) is 0 Å². The van der Waals surface area contributed by atoms with Crippen LogP contribution in [-0.4, -0.2) is 31.0 Å². The highest BCUT2D eigenvalue weighted by Crippen LogP contribution is 2.28. The van der Waals surface area contributed by atoms with Crippen molar-refractivity contribution in [1.82, 2.24) is 4.31 Å². The summed E-state index contributed by atoms with van der Waals surface area (Å²) in [6.45, 7) is 0.855. The zero-order valence-electron chi connectivity index (χ0n) is 14.4. The van der Waals surface area contributed by atoms with Crippen LogP contribution in [0.4, 0.5) is 0 Å². The van der Waals surface area contributed by atoms with Crippen molar-refractivity contribution in [2.45, 2.75) is 10.6 Å². The van der Waals surface area contributed by atoms with Gasteiger partial charge in [-0.3, -0.25) is 4.99 Å². The smallest absolute Gasteiger partial charge is 0.260 e. The molecular formula is C20H17ClN2O2S2. The number of thioether (sulfide) groups is 1. The third-order valence-electron chi connectivity index (χ3n) is 4.35. The Morgan fingerprint density at radius 1 is 1.00 bits per heavy atom. The number of amidine groups is 1. The molecule has 27 heavy (non-hydrogen) atoms. The second kappa shape index (κ2) is 7.54. The van der Waals surface area contributed by atoms with Crippen LogP contribution < -0.4 is 0 Å². The molecule has 1 heterocycles. The van der Waals surface area contributed by atoms with Crippen molar-refractivity contribution in [3.63, 3.8) is 0 Å². The van der Waals surface area contributed by atoms with Gasteiger partial charge >= 0.3 is 0 Å². The SMILES string of the molecule is O=S(=O)(c1ccc2ccccc2c1)N1CCN=C1SCc1ccc(Cl)cc1. The molecule has 0 saturated carbocycles. The summed E-state index contributed by atoms with van der Waals surface area (Å²) < 4.78 is 27.7. The van der Waals surface area contributed by atoms with Crippen LogP contribution in [0.3, 0.4) is 0 Å². The molecule has 3 aromatic carbocycles. The van der Waals surface area contributed by atoms with Gasteiger partial charge in [0.2, 0.25) is 0 Å².